The summed E-state index contributed by atoms with van der Waals surface area (Å²) >= 11 is 0. The lowest BCUT2D eigenvalue weighted by Crippen LogP contribution is -2.45. The van der Waals surface area contributed by atoms with Crippen molar-refractivity contribution in [1.82, 2.24) is 5.32 Å². The SMILES string of the molecule is O=C(N[C@@H](C(=O)N1CCCc2ccccc21)c1ccccc1)c1ccc2c(c1)OCO2. The van der Waals surface area contributed by atoms with Gasteiger partial charge in [0.15, 0.2) is 11.5 Å². The topological polar surface area (TPSA) is 67.9 Å². The van der Waals surface area contributed by atoms with Gasteiger partial charge in [-0.1, -0.05) is 48.5 Å². The van der Waals surface area contributed by atoms with Crippen molar-refractivity contribution in [3.05, 3.63) is 89.5 Å². The maximum Gasteiger partial charge on any atom is 0.254 e. The van der Waals surface area contributed by atoms with Crippen LogP contribution in [0.2, 0.25) is 0 Å². The van der Waals surface area contributed by atoms with Gasteiger partial charge >= 0.3 is 0 Å². The van der Waals surface area contributed by atoms with E-state index in [2.05, 4.69) is 11.4 Å². The Morgan fingerprint density at radius 2 is 1.68 bits per heavy atom. The standard InChI is InChI=1S/C25H22N2O4/c28-24(19-12-13-21-22(15-19)31-16-30-21)26-23(18-8-2-1-3-9-18)25(29)27-14-6-10-17-7-4-5-11-20(17)27/h1-5,7-9,11-13,15,23H,6,10,14,16H2,(H,26,28)/t23-/m1/s1. The van der Waals surface area contributed by atoms with E-state index < -0.39 is 6.04 Å². The van der Waals surface area contributed by atoms with Crippen molar-refractivity contribution in [2.45, 2.75) is 18.9 Å². The summed E-state index contributed by atoms with van der Waals surface area (Å²) in [6.07, 6.45) is 1.83. The number of hydrogen-bond donors (Lipinski definition) is 1. The molecule has 0 bridgehead atoms. The normalized spacial score (nSPS) is 15.2. The van der Waals surface area contributed by atoms with Crippen LogP contribution in [-0.4, -0.2) is 25.2 Å². The number of ether oxygens (including phenoxy) is 2. The molecular formula is C25H22N2O4. The summed E-state index contributed by atoms with van der Waals surface area (Å²) in [5.41, 5.74) is 3.22. The fourth-order valence-corrected chi connectivity index (χ4v) is 4.10. The molecule has 6 heteroatoms. The molecule has 0 fully saturated rings. The van der Waals surface area contributed by atoms with Crippen LogP contribution in [0.4, 0.5) is 5.69 Å². The third kappa shape index (κ3) is 3.72. The Balaban J connectivity index is 1.46. The smallest absolute Gasteiger partial charge is 0.254 e. The molecule has 31 heavy (non-hydrogen) atoms. The van der Waals surface area contributed by atoms with Crippen molar-refractivity contribution in [2.75, 3.05) is 18.2 Å². The molecule has 2 aliphatic heterocycles. The minimum atomic E-state index is -0.801. The molecule has 0 unspecified atom stereocenters. The summed E-state index contributed by atoms with van der Waals surface area (Å²) in [7, 11) is 0. The zero-order valence-corrected chi connectivity index (χ0v) is 16.9. The van der Waals surface area contributed by atoms with Crippen LogP contribution >= 0.6 is 0 Å². The average Bonchev–Trinajstić information content (AvgIpc) is 3.30. The van der Waals surface area contributed by atoms with E-state index in [1.165, 1.54) is 0 Å². The van der Waals surface area contributed by atoms with Gasteiger partial charge in [0, 0.05) is 17.8 Å². The van der Waals surface area contributed by atoms with Gasteiger partial charge in [-0.15, -0.1) is 0 Å². The predicted octanol–water partition coefficient (Wildman–Crippen LogP) is 3.87. The van der Waals surface area contributed by atoms with Gasteiger partial charge in [0.05, 0.1) is 0 Å². The highest BCUT2D eigenvalue weighted by Gasteiger charge is 2.31. The van der Waals surface area contributed by atoms with Crippen LogP contribution in [0.15, 0.2) is 72.8 Å². The molecule has 0 aromatic heterocycles. The fraction of sp³-hybridized carbons (Fsp3) is 0.200. The largest absolute Gasteiger partial charge is 0.454 e. The van der Waals surface area contributed by atoms with Crippen molar-refractivity contribution >= 4 is 17.5 Å². The van der Waals surface area contributed by atoms with Crippen molar-refractivity contribution in [2.24, 2.45) is 0 Å². The number of rotatable bonds is 4. The molecule has 0 saturated heterocycles. The number of nitrogens with one attached hydrogen (secondary N) is 1. The number of carbonyl (C=O) groups excluding carboxylic acids is 2. The van der Waals surface area contributed by atoms with E-state index in [-0.39, 0.29) is 18.6 Å². The van der Waals surface area contributed by atoms with Crippen LogP contribution in [0.1, 0.15) is 33.9 Å². The van der Waals surface area contributed by atoms with Crippen LogP contribution in [0, 0.1) is 0 Å². The number of hydrogen-bond acceptors (Lipinski definition) is 4. The van der Waals surface area contributed by atoms with Crippen molar-refractivity contribution in [3.8, 4) is 11.5 Å². The molecule has 0 aliphatic carbocycles. The first-order chi connectivity index (χ1) is 15.2. The second-order valence-electron chi connectivity index (χ2n) is 7.61. The number of anilines is 1. The molecule has 2 heterocycles. The number of carbonyl (C=O) groups is 2. The quantitative estimate of drug-likeness (QED) is 0.704. The van der Waals surface area contributed by atoms with Crippen LogP contribution in [0.25, 0.3) is 0 Å². The highest BCUT2D eigenvalue weighted by molar-refractivity contribution is 6.03. The summed E-state index contributed by atoms with van der Waals surface area (Å²) in [4.78, 5) is 28.6. The molecule has 0 spiro atoms. The summed E-state index contributed by atoms with van der Waals surface area (Å²) in [6.45, 7) is 0.763. The Morgan fingerprint density at radius 3 is 2.55 bits per heavy atom. The van der Waals surface area contributed by atoms with Gasteiger partial charge in [0.25, 0.3) is 11.8 Å². The lowest BCUT2D eigenvalue weighted by atomic mass is 9.99. The first kappa shape index (κ1) is 19.2. The highest BCUT2D eigenvalue weighted by Crippen LogP contribution is 2.33. The summed E-state index contributed by atoms with van der Waals surface area (Å²) < 4.78 is 10.7. The van der Waals surface area contributed by atoms with Crippen LogP contribution < -0.4 is 19.7 Å². The molecule has 2 aliphatic rings. The van der Waals surface area contributed by atoms with Gasteiger partial charge in [0.1, 0.15) is 6.04 Å². The number of aryl methyl sites for hydroxylation is 1. The van der Waals surface area contributed by atoms with Gasteiger partial charge in [-0.25, -0.2) is 0 Å². The molecule has 5 rings (SSSR count). The van der Waals surface area contributed by atoms with Gasteiger partial charge in [-0.3, -0.25) is 9.59 Å². The van der Waals surface area contributed by atoms with Crippen LogP contribution in [0.5, 0.6) is 11.5 Å². The molecule has 6 nitrogen and oxygen atoms in total. The third-order valence-electron chi connectivity index (χ3n) is 5.67. The van der Waals surface area contributed by atoms with Crippen molar-refractivity contribution in [3.63, 3.8) is 0 Å². The maximum absolute atomic E-state index is 13.7. The zero-order valence-electron chi connectivity index (χ0n) is 16.9. The Kier molecular flexibility index (Phi) is 5.04. The summed E-state index contributed by atoms with van der Waals surface area (Å²) in [6, 6.07) is 21.5. The maximum atomic E-state index is 13.7. The van der Waals surface area contributed by atoms with Gasteiger partial charge in [-0.2, -0.15) is 0 Å². The first-order valence-electron chi connectivity index (χ1n) is 10.4. The van der Waals surface area contributed by atoms with E-state index >= 15 is 0 Å². The second kappa shape index (κ2) is 8.14. The lowest BCUT2D eigenvalue weighted by Gasteiger charge is -2.32. The van der Waals surface area contributed by atoms with E-state index in [0.29, 0.717) is 23.6 Å². The highest BCUT2D eigenvalue weighted by atomic mass is 16.7. The summed E-state index contributed by atoms with van der Waals surface area (Å²) in [5.74, 6) is 0.649. The average molecular weight is 414 g/mol. The minimum Gasteiger partial charge on any atom is -0.454 e. The number of amides is 2. The van der Waals surface area contributed by atoms with Crippen molar-refractivity contribution < 1.29 is 19.1 Å². The molecule has 156 valence electrons. The van der Waals surface area contributed by atoms with Gasteiger partial charge in [0.2, 0.25) is 6.79 Å². The van der Waals surface area contributed by atoms with E-state index in [4.69, 9.17) is 9.47 Å². The Bertz CT molecular complexity index is 1130. The first-order valence-corrected chi connectivity index (χ1v) is 10.4. The number of nitrogens with zero attached hydrogens (tertiary/aromatic N) is 1. The summed E-state index contributed by atoms with van der Waals surface area (Å²) in [5, 5.41) is 2.94. The van der Waals surface area contributed by atoms with E-state index in [9.17, 15) is 9.59 Å². The molecule has 2 amide bonds. The molecule has 0 radical (unpaired) electrons. The molecule has 3 aromatic carbocycles. The van der Waals surface area contributed by atoms with E-state index in [1.54, 1.807) is 23.1 Å². The fourth-order valence-electron chi connectivity index (χ4n) is 4.10. The molecule has 3 aromatic rings. The van der Waals surface area contributed by atoms with Gasteiger partial charge < -0.3 is 19.7 Å². The lowest BCUT2D eigenvalue weighted by molar-refractivity contribution is -0.120. The molecule has 0 saturated carbocycles. The Labute approximate surface area is 180 Å². The number of benzene rings is 3. The van der Waals surface area contributed by atoms with E-state index in [1.807, 2.05) is 48.5 Å². The van der Waals surface area contributed by atoms with E-state index in [0.717, 1.165) is 29.7 Å². The number of para-hydroxylation sites is 1. The Morgan fingerprint density at radius 1 is 0.903 bits per heavy atom. The third-order valence-corrected chi connectivity index (χ3v) is 5.67. The predicted molar refractivity (Wildman–Crippen MR) is 116 cm³/mol. The molecule has 1 atom stereocenters. The Hall–Kier alpha value is -3.80. The molecule has 1 N–H and O–H groups in total. The van der Waals surface area contributed by atoms with Crippen LogP contribution in [-0.2, 0) is 11.2 Å². The minimum absolute atomic E-state index is 0.139. The molecular weight excluding hydrogens is 392 g/mol. The second-order valence-corrected chi connectivity index (χ2v) is 7.61. The van der Waals surface area contributed by atoms with Crippen LogP contribution in [0.3, 0.4) is 0 Å². The van der Waals surface area contributed by atoms with Crippen molar-refractivity contribution in [1.29, 1.82) is 0 Å². The van der Waals surface area contributed by atoms with Gasteiger partial charge in [-0.05, 0) is 48.2 Å². The monoisotopic (exact) mass is 414 g/mol. The zero-order chi connectivity index (χ0) is 21.2. The number of fused-ring (bicyclic) bond motifs is 2.